The highest BCUT2D eigenvalue weighted by Gasteiger charge is 2.54. The van der Waals surface area contributed by atoms with Crippen molar-refractivity contribution in [3.8, 4) is 11.8 Å². The molecule has 0 aliphatic carbocycles. The molecule has 27 heavy (non-hydrogen) atoms. The molecule has 1 aromatic carbocycles. The number of hydrogen-bond donors (Lipinski definition) is 0. The molecule has 138 valence electrons. The third-order valence-corrected chi connectivity index (χ3v) is 6.55. The summed E-state index contributed by atoms with van der Waals surface area (Å²) < 4.78 is 8.11. The minimum absolute atomic E-state index is 0.194. The average Bonchev–Trinajstić information content (AvgIpc) is 3.21. The second-order valence-corrected chi connectivity index (χ2v) is 8.10. The molecule has 4 atom stereocenters. The summed E-state index contributed by atoms with van der Waals surface area (Å²) in [5.41, 5.74) is 4.42. The van der Waals surface area contributed by atoms with Gasteiger partial charge >= 0.3 is 0 Å². The van der Waals surface area contributed by atoms with E-state index in [0.717, 1.165) is 41.9 Å². The van der Waals surface area contributed by atoms with Crippen molar-refractivity contribution in [3.63, 3.8) is 0 Å². The fraction of sp³-hybridized carbons (Fsp3) is 0.455. The predicted octanol–water partition coefficient (Wildman–Crippen LogP) is 3.15. The monoisotopic (exact) mass is 361 g/mol. The Morgan fingerprint density at radius 2 is 2.00 bits per heavy atom. The van der Waals surface area contributed by atoms with E-state index in [9.17, 15) is 4.79 Å². The molecule has 4 fully saturated rings. The molecule has 0 radical (unpaired) electrons. The minimum atomic E-state index is 0.194. The van der Waals surface area contributed by atoms with Crippen molar-refractivity contribution < 1.29 is 9.53 Å². The first-order valence-electron chi connectivity index (χ1n) is 9.69. The number of ether oxygens (including phenoxy) is 1. The highest BCUT2D eigenvalue weighted by Crippen LogP contribution is 2.45. The highest BCUT2D eigenvalue weighted by atomic mass is 16.5. The lowest BCUT2D eigenvalue weighted by molar-refractivity contribution is 0.00343. The van der Waals surface area contributed by atoms with Gasteiger partial charge in [0.05, 0.1) is 30.4 Å². The number of rotatable bonds is 4. The van der Waals surface area contributed by atoms with Gasteiger partial charge in [-0.3, -0.25) is 9.69 Å². The van der Waals surface area contributed by atoms with Crippen LogP contribution in [-0.4, -0.2) is 46.1 Å². The summed E-state index contributed by atoms with van der Waals surface area (Å²) in [5, 5.41) is 9.00. The number of nitrogens with zero attached hydrogens (tertiary/aromatic N) is 3. The zero-order chi connectivity index (χ0) is 18.7. The van der Waals surface area contributed by atoms with Crippen molar-refractivity contribution in [2.45, 2.75) is 57.4 Å². The van der Waals surface area contributed by atoms with Crippen molar-refractivity contribution in [2.24, 2.45) is 0 Å². The Kier molecular flexibility index (Phi) is 3.75. The SMILES string of the molecule is Cc1cc(C(=O)CN2[C@@H]3C[C@@H]4C[C@H]2[C@H](C3)O4)c(C)n1-c1ccc(C#N)cc1. The van der Waals surface area contributed by atoms with Gasteiger partial charge in [0.25, 0.3) is 0 Å². The molecule has 6 rings (SSSR count). The molecule has 4 aliphatic heterocycles. The van der Waals surface area contributed by atoms with E-state index >= 15 is 0 Å². The second kappa shape index (κ2) is 6.05. The lowest BCUT2D eigenvalue weighted by Gasteiger charge is -2.34. The third kappa shape index (κ3) is 2.55. The zero-order valence-electron chi connectivity index (χ0n) is 15.7. The Labute approximate surface area is 159 Å². The van der Waals surface area contributed by atoms with Gasteiger partial charge in [0.15, 0.2) is 5.78 Å². The first kappa shape index (κ1) is 16.7. The molecule has 5 nitrogen and oxygen atoms in total. The summed E-state index contributed by atoms with van der Waals surface area (Å²) in [6.45, 7) is 4.51. The van der Waals surface area contributed by atoms with Crippen LogP contribution in [0.2, 0.25) is 0 Å². The summed E-state index contributed by atoms with van der Waals surface area (Å²) in [7, 11) is 0. The van der Waals surface area contributed by atoms with Gasteiger partial charge in [-0.05, 0) is 63.4 Å². The number of Topliss-reactive ketones (excluding diaryl/α,β-unsaturated/α-hetero) is 1. The van der Waals surface area contributed by atoms with Crippen molar-refractivity contribution in [3.05, 3.63) is 52.8 Å². The molecular weight excluding hydrogens is 338 g/mol. The van der Waals surface area contributed by atoms with Crippen LogP contribution in [0.25, 0.3) is 5.69 Å². The summed E-state index contributed by atoms with van der Waals surface area (Å²) in [5.74, 6) is 0.194. The van der Waals surface area contributed by atoms with Crippen LogP contribution in [0.5, 0.6) is 0 Å². The van der Waals surface area contributed by atoms with Crippen LogP contribution in [0, 0.1) is 25.2 Å². The first-order valence-corrected chi connectivity index (χ1v) is 9.69. The largest absolute Gasteiger partial charge is 0.373 e. The van der Waals surface area contributed by atoms with Gasteiger partial charge < -0.3 is 9.30 Å². The topological polar surface area (TPSA) is 58.3 Å². The Balaban J connectivity index is 1.41. The van der Waals surface area contributed by atoms with Crippen LogP contribution in [0.3, 0.4) is 0 Å². The Bertz CT molecular complexity index is 949. The van der Waals surface area contributed by atoms with Crippen LogP contribution in [0.1, 0.15) is 46.6 Å². The van der Waals surface area contributed by atoms with Gasteiger partial charge in [-0.2, -0.15) is 5.26 Å². The number of ketones is 1. The van der Waals surface area contributed by atoms with E-state index in [1.165, 1.54) is 0 Å². The number of carbonyl (C=O) groups excluding carboxylic acids is 1. The van der Waals surface area contributed by atoms with Crippen LogP contribution in [-0.2, 0) is 4.74 Å². The van der Waals surface area contributed by atoms with Crippen LogP contribution >= 0.6 is 0 Å². The standard InChI is InChI=1S/C22H23N3O2/c1-13-7-19(14(2)25(13)16-5-3-15(11-23)4-6-16)21(26)12-24-17-8-18-10-20(24)22(9-17)27-18/h3-7,17-18,20,22H,8-10,12H2,1-2H3/t17-,18-,20+,22+/m1/s1. The van der Waals surface area contributed by atoms with Gasteiger partial charge in [-0.15, -0.1) is 0 Å². The summed E-state index contributed by atoms with van der Waals surface area (Å²) in [4.78, 5) is 15.5. The fourth-order valence-corrected chi connectivity index (χ4v) is 5.36. The van der Waals surface area contributed by atoms with Crippen LogP contribution in [0.4, 0.5) is 0 Å². The number of piperidine rings is 1. The molecule has 4 aliphatic rings. The zero-order valence-corrected chi connectivity index (χ0v) is 15.7. The predicted molar refractivity (Wildman–Crippen MR) is 101 cm³/mol. The van der Waals surface area contributed by atoms with Gasteiger partial charge in [0.1, 0.15) is 0 Å². The maximum Gasteiger partial charge on any atom is 0.178 e. The van der Waals surface area contributed by atoms with Crippen molar-refractivity contribution >= 4 is 5.78 Å². The van der Waals surface area contributed by atoms with E-state index in [2.05, 4.69) is 15.5 Å². The number of nitriles is 1. The number of aryl methyl sites for hydroxylation is 1. The van der Waals surface area contributed by atoms with Gasteiger partial charge in [-0.1, -0.05) is 0 Å². The summed E-state index contributed by atoms with van der Waals surface area (Å²) in [6.07, 6.45) is 4.00. The van der Waals surface area contributed by atoms with Crippen molar-refractivity contribution in [2.75, 3.05) is 6.54 Å². The van der Waals surface area contributed by atoms with E-state index in [4.69, 9.17) is 10.00 Å². The molecular formula is C22H23N3O2. The van der Waals surface area contributed by atoms with Crippen LogP contribution < -0.4 is 0 Å². The summed E-state index contributed by atoms with van der Waals surface area (Å²) in [6, 6.07) is 12.6. The van der Waals surface area contributed by atoms with E-state index in [1.54, 1.807) is 0 Å². The maximum atomic E-state index is 13.1. The van der Waals surface area contributed by atoms with E-state index in [0.29, 0.717) is 36.4 Å². The fourth-order valence-electron chi connectivity index (χ4n) is 5.36. The molecule has 0 saturated carbocycles. The van der Waals surface area contributed by atoms with Crippen molar-refractivity contribution in [1.82, 2.24) is 9.47 Å². The Morgan fingerprint density at radius 1 is 1.22 bits per heavy atom. The quantitative estimate of drug-likeness (QED) is 0.785. The summed E-state index contributed by atoms with van der Waals surface area (Å²) >= 11 is 0. The lowest BCUT2D eigenvalue weighted by Crippen LogP contribution is -2.45. The molecule has 0 N–H and O–H groups in total. The Hall–Kier alpha value is -2.42. The lowest BCUT2D eigenvalue weighted by atomic mass is 10.00. The van der Waals surface area contributed by atoms with Crippen LogP contribution in [0.15, 0.2) is 30.3 Å². The van der Waals surface area contributed by atoms with Crippen molar-refractivity contribution in [1.29, 1.82) is 5.26 Å². The molecule has 0 amide bonds. The second-order valence-electron chi connectivity index (χ2n) is 8.10. The van der Waals surface area contributed by atoms with E-state index in [-0.39, 0.29) is 5.78 Å². The van der Waals surface area contributed by atoms with E-state index < -0.39 is 0 Å². The average molecular weight is 361 g/mol. The van der Waals surface area contributed by atoms with Gasteiger partial charge in [-0.25, -0.2) is 0 Å². The normalized spacial score (nSPS) is 28.6. The molecule has 5 heterocycles. The van der Waals surface area contributed by atoms with Gasteiger partial charge in [0.2, 0.25) is 0 Å². The first-order chi connectivity index (χ1) is 13.0. The van der Waals surface area contributed by atoms with Gasteiger partial charge in [0, 0.05) is 34.7 Å². The molecule has 4 bridgehead atoms. The molecule has 4 saturated heterocycles. The number of carbonyl (C=O) groups is 1. The number of aromatic nitrogens is 1. The third-order valence-electron chi connectivity index (χ3n) is 6.55. The minimum Gasteiger partial charge on any atom is -0.373 e. The molecule has 5 heteroatoms. The smallest absolute Gasteiger partial charge is 0.178 e. The maximum absolute atomic E-state index is 13.1. The highest BCUT2D eigenvalue weighted by molar-refractivity contribution is 5.99. The molecule has 0 unspecified atom stereocenters. The molecule has 2 aromatic rings. The Morgan fingerprint density at radius 3 is 2.70 bits per heavy atom. The molecule has 0 spiro atoms. The number of hydrogen-bond acceptors (Lipinski definition) is 4. The number of benzene rings is 1. The molecule has 1 aromatic heterocycles. The van der Waals surface area contributed by atoms with E-state index in [1.807, 2.05) is 44.2 Å².